The number of esters is 1. The lowest BCUT2D eigenvalue weighted by Gasteiger charge is -2.28. The standard InChI is InChI=1S/C20H20FNO3/c1-25-18(23)14-7-6-8-15(13-14)22-19(24)20(11-4-5-12-20)16-9-2-3-10-17(16)21/h2-3,6-10,13H,4-5,11-12H2,1H3,(H,22,24). The topological polar surface area (TPSA) is 55.4 Å². The molecule has 25 heavy (non-hydrogen) atoms. The van der Waals surface area contributed by atoms with Crippen molar-refractivity contribution in [2.75, 3.05) is 12.4 Å². The molecule has 1 aliphatic rings. The lowest BCUT2D eigenvalue weighted by molar-refractivity contribution is -0.121. The predicted molar refractivity (Wildman–Crippen MR) is 93.0 cm³/mol. The number of ether oxygens (including phenoxy) is 1. The molecule has 0 unspecified atom stereocenters. The minimum atomic E-state index is -0.868. The minimum Gasteiger partial charge on any atom is -0.465 e. The van der Waals surface area contributed by atoms with Gasteiger partial charge in [0.05, 0.1) is 18.1 Å². The van der Waals surface area contributed by atoms with E-state index in [9.17, 15) is 14.0 Å². The second-order valence-electron chi connectivity index (χ2n) is 6.30. The summed E-state index contributed by atoms with van der Waals surface area (Å²) in [6.07, 6.45) is 2.97. The zero-order chi connectivity index (χ0) is 17.9. The number of methoxy groups -OCH3 is 1. The van der Waals surface area contributed by atoms with Crippen LogP contribution in [-0.4, -0.2) is 19.0 Å². The van der Waals surface area contributed by atoms with Gasteiger partial charge in [-0.25, -0.2) is 9.18 Å². The molecule has 0 spiro atoms. The van der Waals surface area contributed by atoms with Gasteiger partial charge in [-0.2, -0.15) is 0 Å². The number of carbonyl (C=O) groups is 2. The van der Waals surface area contributed by atoms with E-state index < -0.39 is 11.4 Å². The van der Waals surface area contributed by atoms with Crippen LogP contribution in [0, 0.1) is 5.82 Å². The van der Waals surface area contributed by atoms with Crippen LogP contribution in [0.15, 0.2) is 48.5 Å². The second kappa shape index (κ2) is 7.05. The largest absolute Gasteiger partial charge is 0.465 e. The number of rotatable bonds is 4. The van der Waals surface area contributed by atoms with E-state index >= 15 is 0 Å². The molecular formula is C20H20FNO3. The molecule has 0 aromatic heterocycles. The summed E-state index contributed by atoms with van der Waals surface area (Å²) in [6, 6.07) is 13.0. The summed E-state index contributed by atoms with van der Waals surface area (Å²) in [5.41, 5.74) is 0.420. The van der Waals surface area contributed by atoms with Gasteiger partial charge in [0.15, 0.2) is 0 Å². The third kappa shape index (κ3) is 3.27. The van der Waals surface area contributed by atoms with E-state index in [1.54, 1.807) is 42.5 Å². The lowest BCUT2D eigenvalue weighted by atomic mass is 9.77. The van der Waals surface area contributed by atoms with Crippen LogP contribution < -0.4 is 5.32 Å². The molecule has 0 heterocycles. The van der Waals surface area contributed by atoms with Crippen molar-refractivity contribution in [3.63, 3.8) is 0 Å². The van der Waals surface area contributed by atoms with Gasteiger partial charge in [-0.1, -0.05) is 37.1 Å². The van der Waals surface area contributed by atoms with E-state index in [1.165, 1.54) is 13.2 Å². The minimum absolute atomic E-state index is 0.239. The SMILES string of the molecule is COC(=O)c1cccc(NC(=O)C2(c3ccccc3F)CCCC2)c1. The molecule has 130 valence electrons. The van der Waals surface area contributed by atoms with Gasteiger partial charge in [0, 0.05) is 11.3 Å². The van der Waals surface area contributed by atoms with Gasteiger partial charge in [0.2, 0.25) is 5.91 Å². The number of carbonyl (C=O) groups excluding carboxylic acids is 2. The number of halogens is 1. The van der Waals surface area contributed by atoms with Crippen LogP contribution in [0.2, 0.25) is 0 Å². The van der Waals surface area contributed by atoms with Crippen LogP contribution in [-0.2, 0) is 14.9 Å². The molecule has 4 nitrogen and oxygen atoms in total. The average molecular weight is 341 g/mol. The van der Waals surface area contributed by atoms with E-state index in [0.717, 1.165) is 12.8 Å². The van der Waals surface area contributed by atoms with Gasteiger partial charge in [-0.05, 0) is 37.1 Å². The Kier molecular flexibility index (Phi) is 4.83. The number of benzene rings is 2. The first-order valence-electron chi connectivity index (χ1n) is 8.32. The van der Waals surface area contributed by atoms with Gasteiger partial charge >= 0.3 is 5.97 Å². The van der Waals surface area contributed by atoms with Crippen LogP contribution in [0.4, 0.5) is 10.1 Å². The number of hydrogen-bond donors (Lipinski definition) is 1. The zero-order valence-electron chi connectivity index (χ0n) is 14.0. The first-order chi connectivity index (χ1) is 12.1. The molecule has 5 heteroatoms. The van der Waals surface area contributed by atoms with Crippen LogP contribution >= 0.6 is 0 Å². The predicted octanol–water partition coefficient (Wildman–Crippen LogP) is 4.06. The number of amides is 1. The van der Waals surface area contributed by atoms with E-state index in [2.05, 4.69) is 5.32 Å². The highest BCUT2D eigenvalue weighted by molar-refractivity contribution is 6.00. The first kappa shape index (κ1) is 17.1. The summed E-state index contributed by atoms with van der Waals surface area (Å²) in [4.78, 5) is 24.7. The van der Waals surface area contributed by atoms with Gasteiger partial charge in [0.1, 0.15) is 5.82 Å². The summed E-state index contributed by atoms with van der Waals surface area (Å²) in [7, 11) is 1.30. The molecular weight excluding hydrogens is 321 g/mol. The Morgan fingerprint density at radius 1 is 1.08 bits per heavy atom. The van der Waals surface area contributed by atoms with Crippen molar-refractivity contribution < 1.29 is 18.7 Å². The monoisotopic (exact) mass is 341 g/mol. The molecule has 0 bridgehead atoms. The zero-order valence-corrected chi connectivity index (χ0v) is 14.0. The molecule has 1 N–H and O–H groups in total. The normalized spacial score (nSPS) is 15.6. The first-order valence-corrected chi connectivity index (χ1v) is 8.32. The quantitative estimate of drug-likeness (QED) is 0.853. The average Bonchev–Trinajstić information content (AvgIpc) is 3.12. The van der Waals surface area contributed by atoms with E-state index in [4.69, 9.17) is 4.74 Å². The van der Waals surface area contributed by atoms with Crippen molar-refractivity contribution in [3.8, 4) is 0 Å². The number of nitrogens with one attached hydrogen (secondary N) is 1. The highest BCUT2D eigenvalue weighted by Gasteiger charge is 2.44. The maximum Gasteiger partial charge on any atom is 0.337 e. The van der Waals surface area contributed by atoms with E-state index in [0.29, 0.717) is 29.7 Å². The van der Waals surface area contributed by atoms with Gasteiger partial charge in [-0.15, -0.1) is 0 Å². The fourth-order valence-corrected chi connectivity index (χ4v) is 3.54. The van der Waals surface area contributed by atoms with Crippen molar-refractivity contribution in [2.45, 2.75) is 31.1 Å². The number of hydrogen-bond acceptors (Lipinski definition) is 3. The molecule has 2 aromatic carbocycles. The third-order valence-electron chi connectivity index (χ3n) is 4.82. The number of anilines is 1. The lowest BCUT2D eigenvalue weighted by Crippen LogP contribution is -2.38. The molecule has 1 aliphatic carbocycles. The molecule has 1 saturated carbocycles. The van der Waals surface area contributed by atoms with Crippen LogP contribution in [0.3, 0.4) is 0 Å². The van der Waals surface area contributed by atoms with E-state index in [1.807, 2.05) is 0 Å². The van der Waals surface area contributed by atoms with Crippen molar-refractivity contribution >= 4 is 17.6 Å². The Hall–Kier alpha value is -2.69. The maximum atomic E-state index is 14.4. The molecule has 1 amide bonds. The summed E-state index contributed by atoms with van der Waals surface area (Å²) in [6.45, 7) is 0. The Morgan fingerprint density at radius 2 is 1.80 bits per heavy atom. The molecule has 1 fully saturated rings. The smallest absolute Gasteiger partial charge is 0.337 e. The van der Waals surface area contributed by atoms with Gasteiger partial charge in [-0.3, -0.25) is 4.79 Å². The van der Waals surface area contributed by atoms with Crippen LogP contribution in [0.1, 0.15) is 41.6 Å². The fraction of sp³-hybridized carbons (Fsp3) is 0.300. The molecule has 3 rings (SSSR count). The van der Waals surface area contributed by atoms with Crippen molar-refractivity contribution in [1.29, 1.82) is 0 Å². The fourth-order valence-electron chi connectivity index (χ4n) is 3.54. The Morgan fingerprint density at radius 3 is 2.48 bits per heavy atom. The summed E-state index contributed by atoms with van der Waals surface area (Å²) in [5.74, 6) is -1.07. The van der Waals surface area contributed by atoms with Crippen LogP contribution in [0.5, 0.6) is 0 Å². The molecule has 0 aliphatic heterocycles. The Labute approximate surface area is 146 Å². The summed E-state index contributed by atoms with van der Waals surface area (Å²) in [5, 5.41) is 2.86. The summed E-state index contributed by atoms with van der Waals surface area (Å²) >= 11 is 0. The van der Waals surface area contributed by atoms with Gasteiger partial charge < -0.3 is 10.1 Å². The molecule has 0 radical (unpaired) electrons. The van der Waals surface area contributed by atoms with Crippen molar-refractivity contribution in [2.24, 2.45) is 0 Å². The Bertz CT molecular complexity index is 797. The summed E-state index contributed by atoms with van der Waals surface area (Å²) < 4.78 is 19.1. The maximum absolute atomic E-state index is 14.4. The van der Waals surface area contributed by atoms with Crippen molar-refractivity contribution in [1.82, 2.24) is 0 Å². The van der Waals surface area contributed by atoms with Gasteiger partial charge in [0.25, 0.3) is 0 Å². The highest BCUT2D eigenvalue weighted by atomic mass is 19.1. The van der Waals surface area contributed by atoms with Crippen molar-refractivity contribution in [3.05, 3.63) is 65.5 Å². The highest BCUT2D eigenvalue weighted by Crippen LogP contribution is 2.43. The Balaban J connectivity index is 1.91. The third-order valence-corrected chi connectivity index (χ3v) is 4.82. The molecule has 0 saturated heterocycles. The van der Waals surface area contributed by atoms with Crippen LogP contribution in [0.25, 0.3) is 0 Å². The second-order valence-corrected chi connectivity index (χ2v) is 6.30. The van der Waals surface area contributed by atoms with E-state index in [-0.39, 0.29) is 11.7 Å². The molecule has 2 aromatic rings. The molecule has 0 atom stereocenters.